The summed E-state index contributed by atoms with van der Waals surface area (Å²) in [7, 11) is 0. The number of hydrogen-bond donors (Lipinski definition) is 2. The molecule has 3 N–H and O–H groups in total. The molecule has 0 saturated carbocycles. The van der Waals surface area contributed by atoms with E-state index < -0.39 is 0 Å². The summed E-state index contributed by atoms with van der Waals surface area (Å²) < 4.78 is 0.932. The number of aryl methyl sites for hydroxylation is 1. The van der Waals surface area contributed by atoms with Crippen molar-refractivity contribution in [2.45, 2.75) is 6.92 Å². The fraction of sp³-hybridized carbons (Fsp3) is 0.0714. The van der Waals surface area contributed by atoms with Gasteiger partial charge in [0.05, 0.1) is 10.7 Å². The van der Waals surface area contributed by atoms with Gasteiger partial charge in [0.25, 0.3) is 0 Å². The van der Waals surface area contributed by atoms with Gasteiger partial charge in [-0.05, 0) is 37.3 Å². The Hall–Kier alpha value is -1.10. The van der Waals surface area contributed by atoms with Gasteiger partial charge in [0, 0.05) is 15.7 Å². The number of thiocarbonyl (C=S) groups is 1. The summed E-state index contributed by atoms with van der Waals surface area (Å²) in [6.45, 7) is 2.00. The molecule has 0 amide bonds. The first-order chi connectivity index (χ1) is 8.97. The van der Waals surface area contributed by atoms with Crippen LogP contribution in [0.1, 0.15) is 11.1 Å². The molecule has 0 radical (unpaired) electrons. The Morgan fingerprint density at radius 3 is 2.53 bits per heavy atom. The van der Waals surface area contributed by atoms with Crippen LogP contribution in [0.4, 0.5) is 11.4 Å². The molecule has 0 heterocycles. The van der Waals surface area contributed by atoms with Gasteiger partial charge in [0.15, 0.2) is 0 Å². The summed E-state index contributed by atoms with van der Waals surface area (Å²) >= 11 is 14.6. The molecule has 0 atom stereocenters. The lowest BCUT2D eigenvalue weighted by Gasteiger charge is -2.13. The molecular weight excluding hydrogens is 344 g/mol. The van der Waals surface area contributed by atoms with Crippen LogP contribution >= 0.6 is 39.7 Å². The SMILES string of the molecule is Cc1ccc(Nc2ccc(Br)cc2Cl)c(C(N)=S)c1. The second-order valence-corrected chi connectivity index (χ2v) is 5.93. The van der Waals surface area contributed by atoms with Gasteiger partial charge in [-0.3, -0.25) is 0 Å². The fourth-order valence-corrected chi connectivity index (χ4v) is 2.60. The molecule has 0 aliphatic carbocycles. The van der Waals surface area contributed by atoms with E-state index in [0.29, 0.717) is 10.0 Å². The molecule has 0 unspecified atom stereocenters. The highest BCUT2D eigenvalue weighted by Gasteiger charge is 2.08. The molecule has 0 bridgehead atoms. The number of benzene rings is 2. The molecule has 0 spiro atoms. The van der Waals surface area contributed by atoms with E-state index in [2.05, 4.69) is 21.2 Å². The van der Waals surface area contributed by atoms with Crippen molar-refractivity contribution in [1.82, 2.24) is 0 Å². The van der Waals surface area contributed by atoms with E-state index in [9.17, 15) is 0 Å². The Morgan fingerprint density at radius 2 is 1.89 bits per heavy atom. The van der Waals surface area contributed by atoms with Crippen molar-refractivity contribution in [1.29, 1.82) is 0 Å². The Morgan fingerprint density at radius 1 is 1.21 bits per heavy atom. The van der Waals surface area contributed by atoms with E-state index in [0.717, 1.165) is 27.0 Å². The Balaban J connectivity index is 2.40. The van der Waals surface area contributed by atoms with Crippen molar-refractivity contribution < 1.29 is 0 Å². The van der Waals surface area contributed by atoms with E-state index >= 15 is 0 Å². The third kappa shape index (κ3) is 3.47. The highest BCUT2D eigenvalue weighted by Crippen LogP contribution is 2.30. The topological polar surface area (TPSA) is 38.0 Å². The minimum atomic E-state index is 0.361. The summed E-state index contributed by atoms with van der Waals surface area (Å²) in [5.41, 5.74) is 9.33. The third-order valence-electron chi connectivity index (χ3n) is 2.64. The smallest absolute Gasteiger partial charge is 0.106 e. The normalized spacial score (nSPS) is 10.3. The quantitative estimate of drug-likeness (QED) is 0.778. The van der Waals surface area contributed by atoms with Gasteiger partial charge in [-0.2, -0.15) is 0 Å². The predicted molar refractivity (Wildman–Crippen MR) is 89.5 cm³/mol. The standard InChI is InChI=1S/C14H12BrClN2S/c1-8-2-4-12(10(6-8)14(17)19)18-13-5-3-9(15)7-11(13)16/h2-7,18H,1H3,(H2,17,19). The zero-order valence-electron chi connectivity index (χ0n) is 10.2. The molecule has 0 saturated heterocycles. The van der Waals surface area contributed by atoms with E-state index in [1.165, 1.54) is 0 Å². The first-order valence-electron chi connectivity index (χ1n) is 5.60. The maximum atomic E-state index is 6.19. The average Bonchev–Trinajstić information content (AvgIpc) is 2.34. The van der Waals surface area contributed by atoms with Crippen LogP contribution in [0.15, 0.2) is 40.9 Å². The molecule has 2 rings (SSSR count). The van der Waals surface area contributed by atoms with Crippen LogP contribution in [0.3, 0.4) is 0 Å². The number of nitrogens with one attached hydrogen (secondary N) is 1. The van der Waals surface area contributed by atoms with E-state index in [4.69, 9.17) is 29.6 Å². The first kappa shape index (κ1) is 14.3. The van der Waals surface area contributed by atoms with Gasteiger partial charge in [-0.25, -0.2) is 0 Å². The highest BCUT2D eigenvalue weighted by atomic mass is 79.9. The van der Waals surface area contributed by atoms with E-state index in [1.807, 2.05) is 43.3 Å². The number of nitrogens with two attached hydrogens (primary N) is 1. The first-order valence-corrected chi connectivity index (χ1v) is 7.18. The minimum Gasteiger partial charge on any atom is -0.389 e. The lowest BCUT2D eigenvalue weighted by atomic mass is 10.1. The number of halogens is 2. The third-order valence-corrected chi connectivity index (χ3v) is 3.67. The minimum absolute atomic E-state index is 0.361. The lowest BCUT2D eigenvalue weighted by molar-refractivity contribution is 1.43. The molecule has 0 aliphatic rings. The average molecular weight is 356 g/mol. The largest absolute Gasteiger partial charge is 0.389 e. The summed E-state index contributed by atoms with van der Waals surface area (Å²) in [4.78, 5) is 0.361. The molecule has 0 aromatic heterocycles. The number of hydrogen-bond acceptors (Lipinski definition) is 2. The zero-order valence-corrected chi connectivity index (χ0v) is 13.4. The van der Waals surface area contributed by atoms with Crippen LogP contribution in [0.5, 0.6) is 0 Å². The fourth-order valence-electron chi connectivity index (χ4n) is 1.71. The monoisotopic (exact) mass is 354 g/mol. The molecule has 0 aliphatic heterocycles. The van der Waals surface area contributed by atoms with Crippen molar-refractivity contribution in [2.24, 2.45) is 5.73 Å². The van der Waals surface area contributed by atoms with Gasteiger partial charge in [0.1, 0.15) is 4.99 Å². The lowest BCUT2D eigenvalue weighted by Crippen LogP contribution is -2.12. The molecule has 2 aromatic carbocycles. The van der Waals surface area contributed by atoms with Crippen LogP contribution < -0.4 is 11.1 Å². The van der Waals surface area contributed by atoms with Crippen LogP contribution in [0, 0.1) is 6.92 Å². The van der Waals surface area contributed by atoms with Gasteiger partial charge >= 0.3 is 0 Å². The Kier molecular flexibility index (Phi) is 4.45. The van der Waals surface area contributed by atoms with Gasteiger partial charge < -0.3 is 11.1 Å². The van der Waals surface area contributed by atoms with Gasteiger partial charge in [-0.15, -0.1) is 0 Å². The Bertz CT molecular complexity index is 643. The van der Waals surface area contributed by atoms with Crippen LogP contribution in [0.25, 0.3) is 0 Å². The van der Waals surface area contributed by atoms with Crippen molar-refractivity contribution in [3.05, 3.63) is 57.0 Å². The molecule has 2 aromatic rings. The molecule has 19 heavy (non-hydrogen) atoms. The summed E-state index contributed by atoms with van der Waals surface area (Å²) in [5.74, 6) is 0. The maximum Gasteiger partial charge on any atom is 0.106 e. The van der Waals surface area contributed by atoms with Crippen molar-refractivity contribution in [3.8, 4) is 0 Å². The molecule has 2 nitrogen and oxygen atoms in total. The van der Waals surface area contributed by atoms with Crippen molar-refractivity contribution in [3.63, 3.8) is 0 Å². The predicted octanol–water partition coefficient (Wildman–Crippen LogP) is 4.79. The second kappa shape index (κ2) is 5.90. The number of rotatable bonds is 3. The van der Waals surface area contributed by atoms with Gasteiger partial charge in [-0.1, -0.05) is 51.4 Å². The molecule has 98 valence electrons. The van der Waals surface area contributed by atoms with E-state index in [1.54, 1.807) is 0 Å². The van der Waals surface area contributed by atoms with Gasteiger partial charge in [0.2, 0.25) is 0 Å². The highest BCUT2D eigenvalue weighted by molar-refractivity contribution is 9.10. The summed E-state index contributed by atoms with van der Waals surface area (Å²) in [6.07, 6.45) is 0. The van der Waals surface area contributed by atoms with Crippen molar-refractivity contribution in [2.75, 3.05) is 5.32 Å². The number of anilines is 2. The zero-order chi connectivity index (χ0) is 14.0. The summed E-state index contributed by atoms with van der Waals surface area (Å²) in [6, 6.07) is 11.5. The summed E-state index contributed by atoms with van der Waals surface area (Å²) in [5, 5.41) is 3.88. The van der Waals surface area contributed by atoms with Crippen LogP contribution in [-0.2, 0) is 0 Å². The second-order valence-electron chi connectivity index (χ2n) is 4.16. The van der Waals surface area contributed by atoms with Crippen LogP contribution in [-0.4, -0.2) is 4.99 Å². The molecular formula is C14H12BrClN2S. The van der Waals surface area contributed by atoms with E-state index in [-0.39, 0.29) is 0 Å². The maximum absolute atomic E-state index is 6.19. The molecule has 0 fully saturated rings. The van der Waals surface area contributed by atoms with Crippen molar-refractivity contribution >= 4 is 56.1 Å². The van der Waals surface area contributed by atoms with Crippen LogP contribution in [0.2, 0.25) is 5.02 Å². The molecule has 5 heteroatoms. The Labute approximate surface area is 131 Å².